The van der Waals surface area contributed by atoms with Gasteiger partial charge in [-0.1, -0.05) is 29.8 Å². The summed E-state index contributed by atoms with van der Waals surface area (Å²) < 4.78 is 83.5. The van der Waals surface area contributed by atoms with Gasteiger partial charge in [-0.15, -0.1) is 0 Å². The van der Waals surface area contributed by atoms with E-state index in [4.69, 9.17) is 17.3 Å². The number of nitrogens with one attached hydrogen (secondary N) is 1. The number of hydrogen-bond donors (Lipinski definition) is 2. The molecule has 1 aromatic heterocycles. The van der Waals surface area contributed by atoms with Crippen LogP contribution >= 0.6 is 11.6 Å². The number of rotatable bonds is 8. The first-order chi connectivity index (χ1) is 21.3. The van der Waals surface area contributed by atoms with Crippen molar-refractivity contribution in [2.75, 3.05) is 24.2 Å². The Morgan fingerprint density at radius 2 is 1.87 bits per heavy atom. The third-order valence-corrected chi connectivity index (χ3v) is 11.2. The summed E-state index contributed by atoms with van der Waals surface area (Å²) in [6.45, 7) is 1.23. The second kappa shape index (κ2) is 12.3. The van der Waals surface area contributed by atoms with Crippen LogP contribution in [0.3, 0.4) is 0 Å². The second-order valence-electron chi connectivity index (χ2n) is 11.8. The number of alkyl halides is 3. The molecule has 5 unspecified atom stereocenters. The summed E-state index contributed by atoms with van der Waals surface area (Å²) in [4.78, 5) is 19.4. The van der Waals surface area contributed by atoms with Crippen molar-refractivity contribution in [2.24, 2.45) is 5.73 Å². The number of nitrogens with two attached hydrogens (primary N) is 1. The lowest BCUT2D eigenvalue weighted by molar-refractivity contribution is -0.141. The summed E-state index contributed by atoms with van der Waals surface area (Å²) in [5, 5.41) is 3.09. The molecule has 2 bridgehead atoms. The van der Waals surface area contributed by atoms with Gasteiger partial charge in [0.15, 0.2) is 0 Å². The van der Waals surface area contributed by atoms with E-state index < -0.39 is 45.6 Å². The molecule has 1 amide bonds. The van der Waals surface area contributed by atoms with E-state index >= 15 is 4.39 Å². The van der Waals surface area contributed by atoms with Gasteiger partial charge < -0.3 is 11.1 Å². The van der Waals surface area contributed by atoms with E-state index in [9.17, 15) is 26.4 Å². The van der Waals surface area contributed by atoms with Crippen molar-refractivity contribution in [1.82, 2.24) is 14.2 Å². The maximum absolute atomic E-state index is 15.3. The molecular formula is C31H32ClF4N5O3S. The number of hydrogen-bond acceptors (Lipinski definition) is 6. The van der Waals surface area contributed by atoms with E-state index in [1.807, 2.05) is 0 Å². The van der Waals surface area contributed by atoms with Gasteiger partial charge in [-0.2, -0.15) is 17.5 Å². The van der Waals surface area contributed by atoms with Gasteiger partial charge in [0.25, 0.3) is 0 Å². The predicted octanol–water partition coefficient (Wildman–Crippen LogP) is 4.78. The molecule has 14 heteroatoms. The van der Waals surface area contributed by atoms with Crippen LogP contribution in [0.5, 0.6) is 0 Å². The average Bonchev–Trinajstić information content (AvgIpc) is 3.80. The van der Waals surface area contributed by atoms with Gasteiger partial charge in [0, 0.05) is 59.6 Å². The monoisotopic (exact) mass is 665 g/mol. The van der Waals surface area contributed by atoms with Crippen molar-refractivity contribution < 1.29 is 30.8 Å². The largest absolute Gasteiger partial charge is 0.433 e. The van der Waals surface area contributed by atoms with Crippen molar-refractivity contribution in [3.63, 3.8) is 0 Å². The molecule has 0 aliphatic carbocycles. The van der Waals surface area contributed by atoms with Crippen LogP contribution in [-0.4, -0.2) is 71.5 Å². The molecule has 0 spiro atoms. The lowest BCUT2D eigenvalue weighted by Gasteiger charge is -2.37. The van der Waals surface area contributed by atoms with Gasteiger partial charge in [-0.05, 0) is 73.2 Å². The SMILES string of the molecule is N[C@H](C(=O)Nc1cccc(F)c1CCC1C2CN2C2CCCS(=O)(=O)N1C2)[C@@H](c1ccc(Cl)cc1)c1ccnc(C(F)(F)F)c1. The van der Waals surface area contributed by atoms with E-state index in [1.165, 1.54) is 24.3 Å². The summed E-state index contributed by atoms with van der Waals surface area (Å²) in [6.07, 6.45) is -1.76. The zero-order chi connectivity index (χ0) is 32.1. The minimum Gasteiger partial charge on any atom is -0.324 e. The molecule has 3 aliphatic heterocycles. The molecule has 3 aromatic rings. The van der Waals surface area contributed by atoms with Crippen LogP contribution in [0.1, 0.15) is 47.6 Å². The maximum Gasteiger partial charge on any atom is 0.433 e. The topological polar surface area (TPSA) is 108 Å². The smallest absolute Gasteiger partial charge is 0.324 e. The van der Waals surface area contributed by atoms with Gasteiger partial charge in [0.05, 0.1) is 11.8 Å². The van der Waals surface area contributed by atoms with E-state index in [1.54, 1.807) is 28.6 Å². The van der Waals surface area contributed by atoms with Crippen molar-refractivity contribution >= 4 is 33.2 Å². The van der Waals surface area contributed by atoms with Crippen LogP contribution in [-0.2, 0) is 27.4 Å². The van der Waals surface area contributed by atoms with E-state index in [0.29, 0.717) is 30.0 Å². The fraction of sp³-hybridized carbons (Fsp3) is 0.419. The van der Waals surface area contributed by atoms with Crippen LogP contribution in [0, 0.1) is 5.82 Å². The summed E-state index contributed by atoms with van der Waals surface area (Å²) in [5.41, 5.74) is 6.25. The molecule has 8 nitrogen and oxygen atoms in total. The summed E-state index contributed by atoms with van der Waals surface area (Å²) in [7, 11) is -3.44. The number of aromatic nitrogens is 1. The quantitative estimate of drug-likeness (QED) is 0.265. The number of sulfonamides is 1. The number of anilines is 1. The molecule has 240 valence electrons. The van der Waals surface area contributed by atoms with Crippen molar-refractivity contribution in [1.29, 1.82) is 0 Å². The Balaban J connectivity index is 1.25. The highest BCUT2D eigenvalue weighted by Gasteiger charge is 2.55. The molecule has 2 aromatic carbocycles. The van der Waals surface area contributed by atoms with E-state index in [2.05, 4.69) is 15.2 Å². The van der Waals surface area contributed by atoms with Crippen LogP contribution < -0.4 is 11.1 Å². The molecular weight excluding hydrogens is 634 g/mol. The first kappa shape index (κ1) is 31.9. The minimum absolute atomic E-state index is 0.0805. The lowest BCUT2D eigenvalue weighted by atomic mass is 9.85. The van der Waals surface area contributed by atoms with Crippen LogP contribution in [0.2, 0.25) is 5.02 Å². The molecule has 45 heavy (non-hydrogen) atoms. The number of amides is 1. The Morgan fingerprint density at radius 3 is 2.60 bits per heavy atom. The highest BCUT2D eigenvalue weighted by atomic mass is 35.5. The van der Waals surface area contributed by atoms with E-state index in [0.717, 1.165) is 25.2 Å². The molecule has 3 aliphatic rings. The molecule has 6 rings (SSSR count). The number of piperazine rings is 1. The van der Waals surface area contributed by atoms with Crippen molar-refractivity contribution in [3.8, 4) is 0 Å². The Morgan fingerprint density at radius 1 is 1.11 bits per heavy atom. The first-order valence-electron chi connectivity index (χ1n) is 14.7. The summed E-state index contributed by atoms with van der Waals surface area (Å²) in [6, 6.07) is 11.3. The Kier molecular flexibility index (Phi) is 8.68. The number of carbonyl (C=O) groups excluding carboxylic acids is 1. The fourth-order valence-electron chi connectivity index (χ4n) is 6.77. The number of halogens is 5. The number of pyridine rings is 1. The third kappa shape index (κ3) is 6.59. The van der Waals surface area contributed by atoms with Gasteiger partial charge in [0.2, 0.25) is 15.9 Å². The molecule has 3 N–H and O–H groups in total. The lowest BCUT2D eigenvalue weighted by Crippen LogP contribution is -2.53. The normalized spacial score (nSPS) is 26.7. The van der Waals surface area contributed by atoms with Crippen LogP contribution in [0.4, 0.5) is 23.2 Å². The zero-order valence-electron chi connectivity index (χ0n) is 24.1. The minimum atomic E-state index is -4.72. The van der Waals surface area contributed by atoms with Gasteiger partial charge >= 0.3 is 6.18 Å². The molecule has 0 saturated carbocycles. The molecule has 0 radical (unpaired) electrons. The van der Waals surface area contributed by atoms with Crippen LogP contribution in [0.25, 0.3) is 0 Å². The molecule has 3 saturated heterocycles. The van der Waals surface area contributed by atoms with Gasteiger partial charge in [-0.25, -0.2) is 12.8 Å². The highest BCUT2D eigenvalue weighted by Crippen LogP contribution is 2.40. The van der Waals surface area contributed by atoms with Gasteiger partial charge in [-0.3, -0.25) is 14.7 Å². The maximum atomic E-state index is 15.3. The number of carbonyl (C=O) groups is 1. The molecule has 3 fully saturated rings. The van der Waals surface area contributed by atoms with Crippen molar-refractivity contribution in [3.05, 3.63) is 94.0 Å². The molecule has 7 atom stereocenters. The number of fused-ring (bicyclic) bond motifs is 4. The Labute approximate surface area is 263 Å². The fourth-order valence-corrected chi connectivity index (χ4v) is 8.72. The Hall–Kier alpha value is -3.10. The highest BCUT2D eigenvalue weighted by molar-refractivity contribution is 7.89. The number of benzene rings is 2. The standard InChI is InChI=1S/C31H32ClF4N5O3S/c32-20-8-6-18(7-9-20)28(19-12-13-38-27(15-19)31(34,35)36)29(37)30(42)39-24-5-1-4-23(33)22(24)10-11-25-26-17-40(26)21-3-2-14-45(43,44)41(25)16-21/h1,4-9,12-13,15,21,25-26,28-29H,2-3,10-11,14,16-17,37H2,(H,39,42)/t21?,25?,26?,28-,29-,40?/m0/s1. The molecule has 4 heterocycles. The average molecular weight is 666 g/mol. The van der Waals surface area contributed by atoms with E-state index in [-0.39, 0.29) is 47.1 Å². The number of nitrogens with zero attached hydrogens (tertiary/aromatic N) is 3. The first-order valence-corrected chi connectivity index (χ1v) is 16.7. The van der Waals surface area contributed by atoms with Gasteiger partial charge in [0.1, 0.15) is 11.5 Å². The third-order valence-electron chi connectivity index (χ3n) is 9.05. The summed E-state index contributed by atoms with van der Waals surface area (Å²) >= 11 is 6.04. The predicted molar refractivity (Wildman–Crippen MR) is 162 cm³/mol. The van der Waals surface area contributed by atoms with Crippen LogP contribution in [0.15, 0.2) is 60.8 Å². The zero-order valence-corrected chi connectivity index (χ0v) is 25.6. The Bertz CT molecular complexity index is 1690. The van der Waals surface area contributed by atoms with Crippen molar-refractivity contribution in [2.45, 2.75) is 61.9 Å². The second-order valence-corrected chi connectivity index (χ2v) is 14.3. The summed E-state index contributed by atoms with van der Waals surface area (Å²) in [5.74, 6) is -2.24.